The van der Waals surface area contributed by atoms with E-state index in [-0.39, 0.29) is 28.3 Å². The zero-order valence-electron chi connectivity index (χ0n) is 18.6. The van der Waals surface area contributed by atoms with E-state index < -0.39 is 22.0 Å². The molecule has 3 unspecified atom stereocenters. The van der Waals surface area contributed by atoms with E-state index in [1.54, 1.807) is 17.0 Å². The topological polar surface area (TPSA) is 84.0 Å². The van der Waals surface area contributed by atoms with E-state index in [1.165, 1.54) is 23.5 Å². The summed E-state index contributed by atoms with van der Waals surface area (Å²) in [5.41, 5.74) is 1.96. The van der Waals surface area contributed by atoms with Gasteiger partial charge in [0.05, 0.1) is 17.7 Å². The molecule has 2 fully saturated rings. The van der Waals surface area contributed by atoms with Crippen molar-refractivity contribution in [1.29, 1.82) is 0 Å². The van der Waals surface area contributed by atoms with Gasteiger partial charge in [0.1, 0.15) is 6.04 Å². The highest BCUT2D eigenvalue weighted by molar-refractivity contribution is 7.92. The maximum Gasteiger partial charge on any atom is 0.328 e. The smallest absolute Gasteiger partial charge is 0.328 e. The maximum atomic E-state index is 13.6. The van der Waals surface area contributed by atoms with Crippen LogP contribution in [0.1, 0.15) is 48.0 Å². The molecule has 2 aliphatic heterocycles. The first-order chi connectivity index (χ1) is 15.9. The lowest BCUT2D eigenvalue weighted by Crippen LogP contribution is -2.46. The van der Waals surface area contributed by atoms with Crippen LogP contribution in [0.15, 0.2) is 53.4 Å². The second-order valence-electron chi connectivity index (χ2n) is 9.08. The number of amides is 1. The Morgan fingerprint density at radius 3 is 2.64 bits per heavy atom. The van der Waals surface area contributed by atoms with Crippen molar-refractivity contribution in [3.05, 3.63) is 59.7 Å². The van der Waals surface area contributed by atoms with Gasteiger partial charge in [0.25, 0.3) is 15.9 Å². The number of anilines is 1. The fourth-order valence-electron chi connectivity index (χ4n) is 5.72. The number of likely N-dealkylation sites (tertiary alicyclic amines) is 1. The third kappa shape index (κ3) is 3.70. The quantitative estimate of drug-likeness (QED) is 0.643. The lowest BCUT2D eigenvalue weighted by Gasteiger charge is -2.33. The Bertz CT molecular complexity index is 1190. The van der Waals surface area contributed by atoms with Crippen LogP contribution in [0.25, 0.3) is 0 Å². The molecule has 7 nitrogen and oxygen atoms in total. The first-order valence-corrected chi connectivity index (χ1v) is 13.0. The number of benzene rings is 2. The van der Waals surface area contributed by atoms with Crippen molar-refractivity contribution in [2.75, 3.05) is 18.0 Å². The Balaban J connectivity index is 1.47. The van der Waals surface area contributed by atoms with Gasteiger partial charge in [0.15, 0.2) is 0 Å². The van der Waals surface area contributed by atoms with Gasteiger partial charge in [-0.3, -0.25) is 9.10 Å². The summed E-state index contributed by atoms with van der Waals surface area (Å²) < 4.78 is 33.3. The summed E-state index contributed by atoms with van der Waals surface area (Å²) in [6.07, 6.45) is 5.22. The van der Waals surface area contributed by atoms with Gasteiger partial charge >= 0.3 is 5.97 Å². The van der Waals surface area contributed by atoms with Crippen molar-refractivity contribution in [2.24, 2.45) is 5.92 Å². The first-order valence-electron chi connectivity index (χ1n) is 11.5. The zero-order chi connectivity index (χ0) is 23.2. The number of hydrogen-bond donors (Lipinski definition) is 0. The van der Waals surface area contributed by atoms with Gasteiger partial charge in [-0.1, -0.05) is 37.1 Å². The van der Waals surface area contributed by atoms with E-state index in [0.29, 0.717) is 25.1 Å². The van der Waals surface area contributed by atoms with Crippen LogP contribution >= 0.6 is 0 Å². The summed E-state index contributed by atoms with van der Waals surface area (Å²) in [5, 5.41) is 0. The van der Waals surface area contributed by atoms with Crippen molar-refractivity contribution >= 4 is 27.6 Å². The lowest BCUT2D eigenvalue weighted by molar-refractivity contribution is -0.145. The third-order valence-electron chi connectivity index (χ3n) is 7.31. The fraction of sp³-hybridized carbons (Fsp3) is 0.440. The molecule has 1 saturated heterocycles. The molecule has 8 heteroatoms. The van der Waals surface area contributed by atoms with Crippen molar-refractivity contribution in [3.8, 4) is 0 Å². The van der Waals surface area contributed by atoms with Gasteiger partial charge in [0, 0.05) is 18.2 Å². The van der Waals surface area contributed by atoms with Gasteiger partial charge < -0.3 is 9.64 Å². The number of sulfonamides is 1. The monoisotopic (exact) mass is 468 g/mol. The van der Waals surface area contributed by atoms with E-state index in [2.05, 4.69) is 0 Å². The predicted molar refractivity (Wildman–Crippen MR) is 123 cm³/mol. The molecule has 0 bridgehead atoms. The third-order valence-corrected chi connectivity index (χ3v) is 9.12. The number of fused-ring (bicyclic) bond motifs is 2. The van der Waals surface area contributed by atoms with Crippen LogP contribution in [0.5, 0.6) is 0 Å². The van der Waals surface area contributed by atoms with Crippen LogP contribution in [0.2, 0.25) is 0 Å². The molecule has 2 aromatic rings. The van der Waals surface area contributed by atoms with Gasteiger partial charge in [-0.15, -0.1) is 0 Å². The van der Waals surface area contributed by atoms with Crippen molar-refractivity contribution in [3.63, 3.8) is 0 Å². The van der Waals surface area contributed by atoms with Gasteiger partial charge in [-0.25, -0.2) is 13.2 Å². The molecule has 2 aromatic carbocycles. The lowest BCUT2D eigenvalue weighted by atomic mass is 9.84. The van der Waals surface area contributed by atoms with Crippen molar-refractivity contribution in [2.45, 2.75) is 55.5 Å². The van der Waals surface area contributed by atoms with Crippen LogP contribution in [0, 0.1) is 5.92 Å². The Hall–Kier alpha value is -2.87. The number of esters is 1. The molecule has 0 aromatic heterocycles. The number of para-hydroxylation sites is 1. The van der Waals surface area contributed by atoms with Crippen LogP contribution in [-0.2, 0) is 26.0 Å². The van der Waals surface area contributed by atoms with Crippen molar-refractivity contribution < 1.29 is 22.7 Å². The summed E-state index contributed by atoms with van der Waals surface area (Å²) in [5.74, 6) is -0.436. The normalized spacial score (nSPS) is 24.3. The highest BCUT2D eigenvalue weighted by atomic mass is 32.2. The van der Waals surface area contributed by atoms with Crippen LogP contribution < -0.4 is 4.31 Å². The number of rotatable bonds is 4. The molecule has 1 amide bonds. The van der Waals surface area contributed by atoms with Crippen molar-refractivity contribution in [1.82, 2.24) is 4.90 Å². The zero-order valence-corrected chi connectivity index (χ0v) is 19.5. The molecule has 3 atom stereocenters. The molecule has 1 aliphatic carbocycles. The molecular weight excluding hydrogens is 440 g/mol. The Morgan fingerprint density at radius 2 is 1.82 bits per heavy atom. The largest absolute Gasteiger partial charge is 0.467 e. The van der Waals surface area contributed by atoms with Gasteiger partial charge in [0.2, 0.25) is 0 Å². The van der Waals surface area contributed by atoms with Crippen LogP contribution in [0.3, 0.4) is 0 Å². The first kappa shape index (κ1) is 21.9. The molecular formula is C25H28N2O5S. The molecule has 33 heavy (non-hydrogen) atoms. The Labute approximate surface area is 194 Å². The van der Waals surface area contributed by atoms with E-state index in [0.717, 1.165) is 31.2 Å². The number of carbonyl (C=O) groups excluding carboxylic acids is 2. The van der Waals surface area contributed by atoms with E-state index in [9.17, 15) is 18.0 Å². The molecule has 2 heterocycles. The summed E-state index contributed by atoms with van der Waals surface area (Å²) in [7, 11) is -2.48. The summed E-state index contributed by atoms with van der Waals surface area (Å²) in [4.78, 5) is 27.9. The number of carbonyl (C=O) groups is 2. The number of methoxy groups -OCH3 is 1. The molecule has 5 rings (SSSR count). The average molecular weight is 469 g/mol. The van der Waals surface area contributed by atoms with Crippen LogP contribution in [-0.4, -0.2) is 50.9 Å². The molecule has 174 valence electrons. The standard InChI is InChI=1S/C25H28N2O5S/c1-32-25(29)23-16-18-8-3-5-12-22(18)27(23)24(28)19-9-6-10-20(15-19)33(30,31)26-14-13-17-7-2-4-11-21(17)26/h2,4,6-7,9-11,15,18,22-23H,3,5,8,12-14,16H2,1H3. The van der Waals surface area contributed by atoms with E-state index in [4.69, 9.17) is 4.74 Å². The van der Waals surface area contributed by atoms with Gasteiger partial charge in [-0.05, 0) is 61.4 Å². The maximum absolute atomic E-state index is 13.6. The fourth-order valence-corrected chi connectivity index (χ4v) is 7.27. The molecule has 0 spiro atoms. The molecule has 0 radical (unpaired) electrons. The Morgan fingerprint density at radius 1 is 1.03 bits per heavy atom. The van der Waals surface area contributed by atoms with E-state index in [1.807, 2.05) is 24.3 Å². The minimum Gasteiger partial charge on any atom is -0.467 e. The molecule has 0 N–H and O–H groups in total. The predicted octanol–water partition coefficient (Wildman–Crippen LogP) is 3.38. The number of hydrogen-bond acceptors (Lipinski definition) is 5. The minimum absolute atomic E-state index is 0.0129. The SMILES string of the molecule is COC(=O)C1CC2CCCCC2N1C(=O)c1cccc(S(=O)(=O)N2CCc3ccccc32)c1. The average Bonchev–Trinajstić information content (AvgIpc) is 3.45. The second kappa shape index (κ2) is 8.48. The molecule has 1 saturated carbocycles. The highest BCUT2D eigenvalue weighted by Gasteiger charge is 2.48. The highest BCUT2D eigenvalue weighted by Crippen LogP contribution is 2.41. The second-order valence-corrected chi connectivity index (χ2v) is 10.9. The van der Waals surface area contributed by atoms with E-state index >= 15 is 0 Å². The minimum atomic E-state index is -3.82. The summed E-state index contributed by atoms with van der Waals surface area (Å²) >= 11 is 0. The number of ether oxygens (including phenoxy) is 1. The summed E-state index contributed by atoms with van der Waals surface area (Å²) in [6, 6.07) is 13.0. The van der Waals surface area contributed by atoms with Gasteiger partial charge in [-0.2, -0.15) is 0 Å². The number of nitrogens with zero attached hydrogens (tertiary/aromatic N) is 2. The van der Waals surface area contributed by atoms with Crippen LogP contribution in [0.4, 0.5) is 5.69 Å². The Kier molecular flexibility index (Phi) is 5.64. The molecule has 3 aliphatic rings. The summed E-state index contributed by atoms with van der Waals surface area (Å²) in [6.45, 7) is 0.375.